The maximum absolute atomic E-state index is 13.8. The molecule has 0 aromatic heterocycles. The van der Waals surface area contributed by atoms with E-state index in [0.29, 0.717) is 0 Å². The lowest BCUT2D eigenvalue weighted by molar-refractivity contribution is -0.134. The maximum atomic E-state index is 13.8. The van der Waals surface area contributed by atoms with Crippen LogP contribution in [0.15, 0.2) is 0 Å². The van der Waals surface area contributed by atoms with E-state index in [1.807, 2.05) is 0 Å². The van der Waals surface area contributed by atoms with Gasteiger partial charge in [-0.3, -0.25) is 0 Å². The van der Waals surface area contributed by atoms with Crippen LogP contribution >= 0.6 is 0 Å². The van der Waals surface area contributed by atoms with E-state index in [9.17, 15) is 92.2 Å². The van der Waals surface area contributed by atoms with Crippen molar-refractivity contribution in [1.29, 1.82) is 0 Å². The quantitative estimate of drug-likeness (QED) is 0.128. The highest BCUT2D eigenvalue weighted by molar-refractivity contribution is 6.89. The maximum Gasteiger partial charge on any atom is 0.389 e. The minimum Gasteiger partial charge on any atom is -0.425 e. The average molecular weight is 995 g/mol. The molecule has 7 nitrogen and oxygen atoms in total. The van der Waals surface area contributed by atoms with E-state index in [0.717, 1.165) is 0 Å². The van der Waals surface area contributed by atoms with Crippen LogP contribution in [-0.2, 0) is 28.8 Å². The smallest absolute Gasteiger partial charge is 0.389 e. The summed E-state index contributed by atoms with van der Waals surface area (Å²) < 4.78 is 324. The Kier molecular flexibility index (Phi) is 20.2. The Labute approximate surface area is 316 Å². The summed E-state index contributed by atoms with van der Waals surface area (Å²) in [6.07, 6.45) is -53.0. The summed E-state index contributed by atoms with van der Waals surface area (Å²) in [6, 6.07) is -12.4. The van der Waals surface area contributed by atoms with Gasteiger partial charge in [0.05, 0.1) is 0 Å². The lowest BCUT2D eigenvalue weighted by atomic mass is 10.5. The van der Waals surface area contributed by atoms with Crippen LogP contribution in [-0.4, -0.2) is 108 Å². The molecule has 1 rings (SSSR count). The van der Waals surface area contributed by atoms with Crippen molar-refractivity contribution in [2.75, 3.05) is 0 Å². The van der Waals surface area contributed by atoms with Crippen molar-refractivity contribution >= 4 is 65.0 Å². The van der Waals surface area contributed by atoms with Gasteiger partial charge in [0.15, 0.2) is 0 Å². The molecular formula is C21H35F21O7Si7. The van der Waals surface area contributed by atoms with Gasteiger partial charge in [-0.25, -0.2) is 0 Å². The molecule has 336 valence electrons. The first-order valence-corrected chi connectivity index (χ1v) is 27.8. The summed E-state index contributed by atoms with van der Waals surface area (Å²) in [5.74, 6) is 0. The predicted octanol–water partition coefficient (Wildman–Crippen LogP) is 8.33. The van der Waals surface area contributed by atoms with Crippen molar-refractivity contribution in [3.05, 3.63) is 0 Å². The summed E-state index contributed by atoms with van der Waals surface area (Å²) >= 11 is 0. The number of hydrogen-bond donors (Lipinski definition) is 0. The summed E-state index contributed by atoms with van der Waals surface area (Å²) in [7, 11) is -30.2. The molecule has 0 spiro atoms. The Morgan fingerprint density at radius 1 is 0.357 bits per heavy atom. The molecule has 0 N–H and O–H groups in total. The third-order valence-electron chi connectivity index (χ3n) is 7.40. The molecule has 1 unspecified atom stereocenters. The van der Waals surface area contributed by atoms with E-state index in [1.165, 1.54) is 0 Å². The van der Waals surface area contributed by atoms with Crippen LogP contribution in [0.4, 0.5) is 92.2 Å². The third kappa shape index (κ3) is 26.1. The van der Waals surface area contributed by atoms with Gasteiger partial charge in [0.2, 0.25) is 0 Å². The van der Waals surface area contributed by atoms with Crippen molar-refractivity contribution in [2.45, 2.75) is 130 Å². The lowest BCUT2D eigenvalue weighted by Crippen LogP contribution is -2.63. The molecule has 1 aliphatic rings. The average Bonchev–Trinajstić information content (AvgIpc) is 2.98. The van der Waals surface area contributed by atoms with Crippen molar-refractivity contribution < 1.29 is 121 Å². The molecule has 35 heteroatoms. The first-order valence-electron chi connectivity index (χ1n) is 15.9. The van der Waals surface area contributed by atoms with Gasteiger partial charge in [-0.15, -0.1) is 0 Å². The van der Waals surface area contributed by atoms with E-state index < -0.39 is 195 Å². The summed E-state index contributed by atoms with van der Waals surface area (Å²) in [4.78, 5) is 0. The first-order chi connectivity index (χ1) is 24.9. The van der Waals surface area contributed by atoms with E-state index >= 15 is 0 Å². The molecule has 0 radical (unpaired) electrons. The standard InChI is InChI=1S/C21H35F21O7Si7/c22-15(23,24)1-8-53-45-51-43-50-44-52-46-54(9-2-16(25,26)27,10-3-17(28,29)30)48-56(13-6-20(37,38)39,14-7-21(40,41)42)49-55(47-53,11-4-18(31,32)33)12-5-19(34,35)36/h53H,1-14,50-52H2. The Morgan fingerprint density at radius 3 is 1.02 bits per heavy atom. The van der Waals surface area contributed by atoms with Gasteiger partial charge < -0.3 is 28.8 Å². The fourth-order valence-corrected chi connectivity index (χ4v) is 32.7. The molecular weight excluding hydrogens is 960 g/mol. The van der Waals surface area contributed by atoms with E-state index in [-0.39, 0.29) is 0 Å². The predicted molar refractivity (Wildman–Crippen MR) is 166 cm³/mol. The van der Waals surface area contributed by atoms with Crippen LogP contribution in [0.25, 0.3) is 0 Å². The largest absolute Gasteiger partial charge is 0.425 e. The van der Waals surface area contributed by atoms with Crippen molar-refractivity contribution in [1.82, 2.24) is 0 Å². The molecule has 0 aromatic carbocycles. The van der Waals surface area contributed by atoms with Crippen LogP contribution < -0.4 is 0 Å². The Hall–Kier alpha value is -0.232. The normalized spacial score (nSPS) is 22.8. The molecule has 1 atom stereocenters. The second kappa shape index (κ2) is 21.0. The topological polar surface area (TPSA) is 64.6 Å². The Balaban J connectivity index is 4.38. The molecule has 0 saturated carbocycles. The van der Waals surface area contributed by atoms with Gasteiger partial charge in [-0.05, 0) is 42.3 Å². The Bertz CT molecular complexity index is 1100. The zero-order chi connectivity index (χ0) is 43.5. The molecule has 1 heterocycles. The fourth-order valence-electron chi connectivity index (χ4n) is 4.89. The number of alkyl halides is 21. The second-order valence-corrected chi connectivity index (χ2v) is 31.3. The highest BCUT2D eigenvalue weighted by Crippen LogP contribution is 2.45. The summed E-state index contributed by atoms with van der Waals surface area (Å²) in [6.45, 7) is 0. The van der Waals surface area contributed by atoms with E-state index in [1.54, 1.807) is 0 Å². The van der Waals surface area contributed by atoms with Gasteiger partial charge in [-0.2, -0.15) is 92.2 Å². The SMILES string of the molecule is FC(F)(F)CC[SiH]1O[SiH2]O[SiH2]O[SiH2]O[Si](CCC(F)(F)F)(CCC(F)(F)F)O[Si](CCC(F)(F)F)(CCC(F)(F)F)O[Si](CCC(F)(F)F)(CCC(F)(F)F)O1. The van der Waals surface area contributed by atoms with Crippen molar-refractivity contribution in [3.63, 3.8) is 0 Å². The van der Waals surface area contributed by atoms with Crippen molar-refractivity contribution in [2.24, 2.45) is 0 Å². The first kappa shape index (κ1) is 53.8. The van der Waals surface area contributed by atoms with Crippen LogP contribution in [0.5, 0.6) is 0 Å². The molecule has 0 bridgehead atoms. The third-order valence-corrected chi connectivity index (χ3v) is 30.2. The van der Waals surface area contributed by atoms with Crippen LogP contribution in [0.3, 0.4) is 0 Å². The van der Waals surface area contributed by atoms with Gasteiger partial charge in [-0.1, -0.05) is 0 Å². The highest BCUT2D eigenvalue weighted by atomic mass is 28.5. The fraction of sp³-hybridized carbons (Fsp3) is 1.00. The van der Waals surface area contributed by atoms with E-state index in [4.69, 9.17) is 28.8 Å². The van der Waals surface area contributed by atoms with Crippen molar-refractivity contribution in [3.8, 4) is 0 Å². The minimum absolute atomic E-state index is 1.33. The highest BCUT2D eigenvalue weighted by Gasteiger charge is 2.59. The van der Waals surface area contributed by atoms with Gasteiger partial charge in [0.25, 0.3) is 30.0 Å². The van der Waals surface area contributed by atoms with E-state index in [2.05, 4.69) is 0 Å². The molecule has 1 fully saturated rings. The molecule has 1 aliphatic heterocycles. The number of hydrogen-bond acceptors (Lipinski definition) is 7. The van der Waals surface area contributed by atoms with Gasteiger partial charge in [0.1, 0.15) is 0 Å². The lowest BCUT2D eigenvalue weighted by Gasteiger charge is -2.47. The van der Waals surface area contributed by atoms with Crippen LogP contribution in [0.1, 0.15) is 44.9 Å². The Morgan fingerprint density at radius 2 is 0.661 bits per heavy atom. The molecule has 0 amide bonds. The molecule has 1 saturated heterocycles. The zero-order valence-electron chi connectivity index (χ0n) is 28.4. The second-order valence-electron chi connectivity index (χ2n) is 12.4. The van der Waals surface area contributed by atoms with Crippen LogP contribution in [0, 0.1) is 0 Å². The molecule has 0 aliphatic carbocycles. The van der Waals surface area contributed by atoms with Gasteiger partial charge in [0, 0.05) is 44.9 Å². The number of rotatable bonds is 14. The zero-order valence-corrected chi connectivity index (χ0v) is 36.8. The molecule has 56 heavy (non-hydrogen) atoms. The minimum atomic E-state index is -6.19. The summed E-state index contributed by atoms with van der Waals surface area (Å²) in [5.41, 5.74) is 0. The monoisotopic (exact) mass is 994 g/mol. The molecule has 0 aromatic rings. The summed E-state index contributed by atoms with van der Waals surface area (Å²) in [5, 5.41) is 0. The number of halogens is 21. The van der Waals surface area contributed by atoms with Crippen LogP contribution in [0.2, 0.25) is 42.3 Å². The van der Waals surface area contributed by atoms with Gasteiger partial charge >= 0.3 is 78.2 Å².